The molecule has 2 rings (SSSR count). The summed E-state index contributed by atoms with van der Waals surface area (Å²) in [5, 5.41) is 6.41. The number of nitrogens with zero attached hydrogens (tertiary/aromatic N) is 3. The molecule has 2 aromatic rings. The molecule has 0 aliphatic rings. The van der Waals surface area contributed by atoms with Gasteiger partial charge >= 0.3 is 0 Å². The van der Waals surface area contributed by atoms with Gasteiger partial charge in [0.2, 0.25) is 0 Å². The molecule has 0 fully saturated rings. The van der Waals surface area contributed by atoms with Crippen LogP contribution < -0.4 is 5.32 Å². The Morgan fingerprint density at radius 1 is 1.26 bits per heavy atom. The lowest BCUT2D eigenvalue weighted by Gasteiger charge is -2.10. The minimum Gasteiger partial charge on any atom is -0.369 e. The molecule has 0 saturated carbocycles. The summed E-state index contributed by atoms with van der Waals surface area (Å²) in [7, 11) is 0. The molecule has 0 spiro atoms. The summed E-state index contributed by atoms with van der Waals surface area (Å²) in [4.78, 5) is 13.6. The second-order valence-electron chi connectivity index (χ2n) is 4.17. The molecule has 0 aliphatic carbocycles. The number of hydrogen-bond acceptors (Lipinski definition) is 5. The van der Waals surface area contributed by atoms with Gasteiger partial charge in [0.15, 0.2) is 0 Å². The fourth-order valence-corrected chi connectivity index (χ4v) is 3.00. The van der Waals surface area contributed by atoms with Crippen molar-refractivity contribution < 1.29 is 0 Å². The quantitative estimate of drug-likeness (QED) is 0.903. The van der Waals surface area contributed by atoms with E-state index in [9.17, 15) is 0 Å². The average molecular weight is 341 g/mol. The minimum absolute atomic E-state index is 0.684. The largest absolute Gasteiger partial charge is 0.369 e. The van der Waals surface area contributed by atoms with Gasteiger partial charge in [-0.05, 0) is 36.2 Å². The Bertz CT molecular complexity index is 568. The summed E-state index contributed by atoms with van der Waals surface area (Å²) in [6, 6.07) is 0. The highest BCUT2D eigenvalue weighted by Gasteiger charge is 2.12. The van der Waals surface area contributed by atoms with Crippen LogP contribution in [0.2, 0.25) is 0 Å². The van der Waals surface area contributed by atoms with E-state index in [1.54, 1.807) is 11.3 Å². The Kier molecular flexibility index (Phi) is 4.87. The van der Waals surface area contributed by atoms with Crippen molar-refractivity contribution in [3.63, 3.8) is 0 Å². The van der Waals surface area contributed by atoms with Gasteiger partial charge in [-0.1, -0.05) is 6.92 Å². The molecular weight excluding hydrogens is 324 g/mol. The maximum absolute atomic E-state index is 4.60. The maximum Gasteiger partial charge on any atom is 0.144 e. The number of nitrogens with one attached hydrogen (secondary N) is 1. The van der Waals surface area contributed by atoms with E-state index < -0.39 is 0 Å². The van der Waals surface area contributed by atoms with Crippen molar-refractivity contribution in [2.24, 2.45) is 0 Å². The van der Waals surface area contributed by atoms with Crippen molar-refractivity contribution >= 4 is 33.1 Å². The predicted molar refractivity (Wildman–Crippen MR) is 82.9 cm³/mol. The number of aromatic nitrogens is 3. The van der Waals surface area contributed by atoms with Crippen molar-refractivity contribution in [3.05, 3.63) is 32.1 Å². The molecule has 0 saturated heterocycles. The van der Waals surface area contributed by atoms with Crippen molar-refractivity contribution in [1.82, 2.24) is 15.0 Å². The zero-order chi connectivity index (χ0) is 13.8. The standard InChI is InChI=1S/C13H17BrN4S/c1-4-10-12(14)13(15-5-2)18-11(17-10)6-9-7-19-8(3)16-9/h7H,4-6H2,1-3H3,(H,15,17,18). The molecule has 0 unspecified atom stereocenters. The van der Waals surface area contributed by atoms with Crippen molar-refractivity contribution in [3.8, 4) is 0 Å². The Balaban J connectivity index is 2.31. The Labute approximate surface area is 125 Å². The monoisotopic (exact) mass is 340 g/mol. The molecule has 0 bridgehead atoms. The number of anilines is 1. The number of rotatable bonds is 5. The summed E-state index contributed by atoms with van der Waals surface area (Å²) in [5.41, 5.74) is 2.07. The number of thiazole rings is 1. The number of halogens is 1. The van der Waals surface area contributed by atoms with E-state index in [1.165, 1.54) is 0 Å². The first-order valence-corrected chi connectivity index (χ1v) is 8.01. The van der Waals surface area contributed by atoms with Crippen LogP contribution in [0.5, 0.6) is 0 Å². The summed E-state index contributed by atoms with van der Waals surface area (Å²) in [6.45, 7) is 7.01. The number of hydrogen-bond donors (Lipinski definition) is 1. The Morgan fingerprint density at radius 2 is 2.05 bits per heavy atom. The molecule has 102 valence electrons. The molecule has 0 aromatic carbocycles. The lowest BCUT2D eigenvalue weighted by atomic mass is 10.2. The zero-order valence-corrected chi connectivity index (χ0v) is 13.7. The third-order valence-corrected chi connectivity index (χ3v) is 4.31. The molecular formula is C13H17BrN4S. The van der Waals surface area contributed by atoms with Gasteiger partial charge < -0.3 is 5.32 Å². The van der Waals surface area contributed by atoms with Crippen LogP contribution in [0.1, 0.15) is 36.1 Å². The van der Waals surface area contributed by atoms with Gasteiger partial charge in [0.25, 0.3) is 0 Å². The summed E-state index contributed by atoms with van der Waals surface area (Å²) in [6.07, 6.45) is 1.56. The van der Waals surface area contributed by atoms with E-state index in [4.69, 9.17) is 0 Å². The predicted octanol–water partition coefficient (Wildman–Crippen LogP) is 3.59. The first-order valence-electron chi connectivity index (χ1n) is 6.34. The number of aryl methyl sites for hydroxylation is 2. The van der Waals surface area contributed by atoms with Gasteiger partial charge in [-0.15, -0.1) is 11.3 Å². The summed E-state index contributed by atoms with van der Waals surface area (Å²) >= 11 is 5.22. The Morgan fingerprint density at radius 3 is 2.63 bits per heavy atom. The van der Waals surface area contributed by atoms with Gasteiger partial charge in [0.05, 0.1) is 27.3 Å². The molecule has 4 nitrogen and oxygen atoms in total. The van der Waals surface area contributed by atoms with Crippen LogP contribution in [0.25, 0.3) is 0 Å². The molecule has 1 N–H and O–H groups in total. The summed E-state index contributed by atoms with van der Waals surface area (Å²) < 4.78 is 0.968. The van der Waals surface area contributed by atoms with Crippen molar-refractivity contribution in [2.45, 2.75) is 33.6 Å². The fraction of sp³-hybridized carbons (Fsp3) is 0.462. The molecule has 6 heteroatoms. The highest BCUT2D eigenvalue weighted by Crippen LogP contribution is 2.24. The third-order valence-electron chi connectivity index (χ3n) is 2.65. The molecule has 0 amide bonds. The fourth-order valence-electron chi connectivity index (χ4n) is 1.79. The zero-order valence-electron chi connectivity index (χ0n) is 11.3. The minimum atomic E-state index is 0.684. The topological polar surface area (TPSA) is 50.7 Å². The second-order valence-corrected chi connectivity index (χ2v) is 6.02. The van der Waals surface area contributed by atoms with Gasteiger partial charge in [0, 0.05) is 11.9 Å². The van der Waals surface area contributed by atoms with Crippen molar-refractivity contribution in [1.29, 1.82) is 0 Å². The lowest BCUT2D eigenvalue weighted by molar-refractivity contribution is 0.882. The van der Waals surface area contributed by atoms with E-state index in [0.29, 0.717) is 6.42 Å². The normalized spacial score (nSPS) is 10.7. The summed E-state index contributed by atoms with van der Waals surface area (Å²) in [5.74, 6) is 1.69. The lowest BCUT2D eigenvalue weighted by Crippen LogP contribution is -2.08. The third kappa shape index (κ3) is 3.51. The van der Waals surface area contributed by atoms with Crippen LogP contribution in [0.15, 0.2) is 9.85 Å². The van der Waals surface area contributed by atoms with Gasteiger partial charge in [-0.3, -0.25) is 0 Å². The smallest absolute Gasteiger partial charge is 0.144 e. The van der Waals surface area contributed by atoms with Crippen molar-refractivity contribution in [2.75, 3.05) is 11.9 Å². The van der Waals surface area contributed by atoms with Crippen LogP contribution in [0.4, 0.5) is 5.82 Å². The van der Waals surface area contributed by atoms with E-state index in [2.05, 4.69) is 55.4 Å². The molecule has 0 aliphatic heterocycles. The SMILES string of the molecule is CCNc1nc(Cc2csc(C)n2)nc(CC)c1Br. The van der Waals surface area contributed by atoms with Gasteiger partial charge in [-0.2, -0.15) is 0 Å². The van der Waals surface area contributed by atoms with E-state index in [1.807, 2.05) is 6.92 Å². The first kappa shape index (κ1) is 14.4. The molecule has 2 heterocycles. The average Bonchev–Trinajstić information content (AvgIpc) is 2.79. The van der Waals surface area contributed by atoms with Crippen LogP contribution in [-0.4, -0.2) is 21.5 Å². The van der Waals surface area contributed by atoms with Crippen LogP contribution in [-0.2, 0) is 12.8 Å². The van der Waals surface area contributed by atoms with Crippen LogP contribution in [0, 0.1) is 6.92 Å². The maximum atomic E-state index is 4.60. The highest BCUT2D eigenvalue weighted by atomic mass is 79.9. The molecule has 19 heavy (non-hydrogen) atoms. The van der Waals surface area contributed by atoms with E-state index in [-0.39, 0.29) is 0 Å². The van der Waals surface area contributed by atoms with Crippen LogP contribution >= 0.6 is 27.3 Å². The van der Waals surface area contributed by atoms with Crippen LogP contribution in [0.3, 0.4) is 0 Å². The first-order chi connectivity index (χ1) is 9.13. The van der Waals surface area contributed by atoms with E-state index >= 15 is 0 Å². The highest BCUT2D eigenvalue weighted by molar-refractivity contribution is 9.10. The van der Waals surface area contributed by atoms with Gasteiger partial charge in [-0.25, -0.2) is 15.0 Å². The Hall–Kier alpha value is -1.01. The molecule has 0 radical (unpaired) electrons. The molecule has 2 aromatic heterocycles. The van der Waals surface area contributed by atoms with Gasteiger partial charge in [0.1, 0.15) is 11.6 Å². The van der Waals surface area contributed by atoms with E-state index in [0.717, 1.165) is 45.5 Å². The second kappa shape index (κ2) is 6.43. The molecule has 0 atom stereocenters.